The van der Waals surface area contributed by atoms with Gasteiger partial charge in [-0.05, 0) is 42.7 Å². The summed E-state index contributed by atoms with van der Waals surface area (Å²) in [5.74, 6) is 0.131. The molecule has 0 unspecified atom stereocenters. The predicted octanol–water partition coefficient (Wildman–Crippen LogP) is 3.86. The highest BCUT2D eigenvalue weighted by molar-refractivity contribution is 6.11. The first kappa shape index (κ1) is 18.0. The number of nitrogen functional groups attached to an aromatic ring is 1. The van der Waals surface area contributed by atoms with Gasteiger partial charge in [-0.2, -0.15) is 0 Å². The lowest BCUT2D eigenvalue weighted by atomic mass is 10.1. The number of hydrogen-bond acceptors (Lipinski definition) is 4. The molecule has 0 aliphatic heterocycles. The zero-order valence-electron chi connectivity index (χ0n) is 16.1. The lowest BCUT2D eigenvalue weighted by molar-refractivity contribution is 0.0956. The Bertz CT molecular complexity index is 1180. The largest absolute Gasteiger partial charge is 0.384 e. The Morgan fingerprint density at radius 3 is 2.54 bits per heavy atom. The second-order valence-electron chi connectivity index (χ2n) is 6.76. The summed E-state index contributed by atoms with van der Waals surface area (Å²) >= 11 is 0. The van der Waals surface area contributed by atoms with Gasteiger partial charge in [-0.1, -0.05) is 38.1 Å². The van der Waals surface area contributed by atoms with Crippen LogP contribution in [0.2, 0.25) is 0 Å². The van der Waals surface area contributed by atoms with Crippen LogP contribution in [0.25, 0.3) is 27.9 Å². The average Bonchev–Trinajstić information content (AvgIpc) is 3.01. The number of aryl methyl sites for hydroxylation is 1. The molecular formula is C22H23N5O. The summed E-state index contributed by atoms with van der Waals surface area (Å²) in [5.41, 5.74) is 11.5. The Balaban J connectivity index is 2.04. The van der Waals surface area contributed by atoms with Gasteiger partial charge >= 0.3 is 0 Å². The average molecular weight is 373 g/mol. The van der Waals surface area contributed by atoms with E-state index < -0.39 is 0 Å². The topological polar surface area (TPSA) is 85.8 Å². The maximum absolute atomic E-state index is 12.9. The first-order chi connectivity index (χ1) is 13.6. The zero-order valence-corrected chi connectivity index (χ0v) is 16.1. The molecule has 0 radical (unpaired) electrons. The van der Waals surface area contributed by atoms with Crippen LogP contribution in [0.3, 0.4) is 0 Å². The number of hydrogen-bond donors (Lipinski definition) is 2. The maximum Gasteiger partial charge on any atom is 0.257 e. The number of nitrogens with one attached hydrogen (secondary N) is 1. The monoisotopic (exact) mass is 373 g/mol. The summed E-state index contributed by atoms with van der Waals surface area (Å²) in [6.07, 6.45) is 1.75. The van der Waals surface area contributed by atoms with Gasteiger partial charge in [-0.15, -0.1) is 0 Å². The number of aromatic nitrogens is 3. The maximum atomic E-state index is 12.9. The third-order valence-electron chi connectivity index (χ3n) is 4.84. The lowest BCUT2D eigenvalue weighted by Crippen LogP contribution is -2.25. The smallest absolute Gasteiger partial charge is 0.257 e. The van der Waals surface area contributed by atoms with Crippen molar-refractivity contribution in [2.45, 2.75) is 26.7 Å². The molecule has 0 aliphatic rings. The summed E-state index contributed by atoms with van der Waals surface area (Å²) in [6, 6.07) is 15.7. The zero-order chi connectivity index (χ0) is 19.7. The van der Waals surface area contributed by atoms with E-state index in [9.17, 15) is 4.79 Å². The van der Waals surface area contributed by atoms with Crippen molar-refractivity contribution in [2.75, 3.05) is 12.3 Å². The van der Waals surface area contributed by atoms with Crippen LogP contribution in [0.15, 0.2) is 48.5 Å². The van der Waals surface area contributed by atoms with E-state index in [1.807, 2.05) is 47.9 Å². The van der Waals surface area contributed by atoms with Crippen molar-refractivity contribution in [1.82, 2.24) is 19.9 Å². The molecule has 1 amide bonds. The molecule has 3 N–H and O–H groups in total. The van der Waals surface area contributed by atoms with Crippen molar-refractivity contribution >= 4 is 33.9 Å². The minimum atomic E-state index is -0.223. The molecule has 0 saturated carbocycles. The highest BCUT2D eigenvalue weighted by Gasteiger charge is 2.24. The molecule has 0 bridgehead atoms. The van der Waals surface area contributed by atoms with Crippen LogP contribution in [0.5, 0.6) is 0 Å². The standard InChI is InChI=1S/C22H23N5O/c1-3-12-24-22(28)18-19-21(26-17-11-6-5-10-16(17)25-19)27(20(18)23)15-9-7-8-14(4-2)13-15/h5-11,13H,3-4,12,23H2,1-2H3,(H,24,28). The van der Waals surface area contributed by atoms with E-state index >= 15 is 0 Å². The van der Waals surface area contributed by atoms with Crippen molar-refractivity contribution < 1.29 is 4.79 Å². The summed E-state index contributed by atoms with van der Waals surface area (Å²) in [7, 11) is 0. The molecule has 0 fully saturated rings. The Kier molecular flexibility index (Phi) is 4.69. The van der Waals surface area contributed by atoms with Crippen LogP contribution < -0.4 is 11.1 Å². The van der Waals surface area contributed by atoms with Gasteiger partial charge in [-0.3, -0.25) is 9.36 Å². The van der Waals surface area contributed by atoms with Crippen LogP contribution >= 0.6 is 0 Å². The Morgan fingerprint density at radius 2 is 1.82 bits per heavy atom. The minimum absolute atomic E-state index is 0.223. The fourth-order valence-corrected chi connectivity index (χ4v) is 3.39. The minimum Gasteiger partial charge on any atom is -0.384 e. The highest BCUT2D eigenvalue weighted by Crippen LogP contribution is 2.31. The molecule has 6 nitrogen and oxygen atoms in total. The number of para-hydroxylation sites is 2. The van der Waals surface area contributed by atoms with Crippen LogP contribution in [0.4, 0.5) is 5.82 Å². The number of rotatable bonds is 5. The number of carbonyl (C=O) groups excluding carboxylic acids is 1. The predicted molar refractivity (Wildman–Crippen MR) is 113 cm³/mol. The summed E-state index contributed by atoms with van der Waals surface area (Å²) in [5, 5.41) is 2.92. The van der Waals surface area contributed by atoms with Crippen molar-refractivity contribution in [3.63, 3.8) is 0 Å². The van der Waals surface area contributed by atoms with Gasteiger partial charge in [0.15, 0.2) is 5.65 Å². The van der Waals surface area contributed by atoms with E-state index in [1.165, 1.54) is 5.56 Å². The number of fused-ring (bicyclic) bond motifs is 2. The first-order valence-electron chi connectivity index (χ1n) is 9.58. The summed E-state index contributed by atoms with van der Waals surface area (Å²) in [4.78, 5) is 22.4. The lowest BCUT2D eigenvalue weighted by Gasteiger charge is -2.09. The van der Waals surface area contributed by atoms with Gasteiger partial charge in [-0.25, -0.2) is 9.97 Å². The molecule has 28 heavy (non-hydrogen) atoms. The van der Waals surface area contributed by atoms with Crippen LogP contribution in [0.1, 0.15) is 36.2 Å². The van der Waals surface area contributed by atoms with E-state index in [1.54, 1.807) is 0 Å². The van der Waals surface area contributed by atoms with Crippen molar-refractivity contribution in [2.24, 2.45) is 0 Å². The van der Waals surface area contributed by atoms with Crippen LogP contribution in [-0.4, -0.2) is 27.0 Å². The third-order valence-corrected chi connectivity index (χ3v) is 4.84. The number of nitrogens with two attached hydrogens (primary N) is 1. The second kappa shape index (κ2) is 7.31. The quantitative estimate of drug-likeness (QED) is 0.556. The van der Waals surface area contributed by atoms with E-state index in [0.29, 0.717) is 29.1 Å². The number of nitrogens with zero attached hydrogens (tertiary/aromatic N) is 3. The molecule has 142 valence electrons. The van der Waals surface area contributed by atoms with Crippen molar-refractivity contribution in [3.05, 3.63) is 59.7 Å². The van der Waals surface area contributed by atoms with Gasteiger partial charge < -0.3 is 11.1 Å². The molecule has 2 aromatic carbocycles. The number of anilines is 1. The third kappa shape index (κ3) is 2.97. The van der Waals surface area contributed by atoms with E-state index in [4.69, 9.17) is 15.7 Å². The van der Waals surface area contributed by atoms with Crippen LogP contribution in [0, 0.1) is 0 Å². The van der Waals surface area contributed by atoms with E-state index in [-0.39, 0.29) is 5.91 Å². The molecule has 2 heterocycles. The second-order valence-corrected chi connectivity index (χ2v) is 6.76. The van der Waals surface area contributed by atoms with Gasteiger partial charge in [0.2, 0.25) is 0 Å². The van der Waals surface area contributed by atoms with Crippen LogP contribution in [-0.2, 0) is 6.42 Å². The molecular weight excluding hydrogens is 350 g/mol. The molecule has 0 spiro atoms. The van der Waals surface area contributed by atoms with Gasteiger partial charge in [0, 0.05) is 12.2 Å². The Labute approximate surface area is 163 Å². The molecule has 0 saturated heterocycles. The molecule has 4 aromatic rings. The molecule has 6 heteroatoms. The first-order valence-corrected chi connectivity index (χ1v) is 9.58. The van der Waals surface area contributed by atoms with Gasteiger partial charge in [0.05, 0.1) is 11.0 Å². The fourth-order valence-electron chi connectivity index (χ4n) is 3.39. The van der Waals surface area contributed by atoms with Gasteiger partial charge in [0.25, 0.3) is 5.91 Å². The van der Waals surface area contributed by atoms with Crippen molar-refractivity contribution in [3.8, 4) is 5.69 Å². The van der Waals surface area contributed by atoms with E-state index in [0.717, 1.165) is 29.6 Å². The SMILES string of the molecule is CCCNC(=O)c1c(N)n(-c2cccc(CC)c2)c2nc3ccccc3nc12. The highest BCUT2D eigenvalue weighted by atomic mass is 16.1. The molecule has 0 aliphatic carbocycles. The summed E-state index contributed by atoms with van der Waals surface area (Å²) < 4.78 is 1.83. The molecule has 2 aromatic heterocycles. The molecule has 4 rings (SSSR count). The normalized spacial score (nSPS) is 11.2. The Hall–Kier alpha value is -3.41. The molecule has 0 atom stereocenters. The number of benzene rings is 2. The van der Waals surface area contributed by atoms with Gasteiger partial charge in [0.1, 0.15) is 16.9 Å². The fraction of sp³-hybridized carbons (Fsp3) is 0.227. The summed E-state index contributed by atoms with van der Waals surface area (Å²) in [6.45, 7) is 4.70. The Morgan fingerprint density at radius 1 is 1.07 bits per heavy atom. The number of amides is 1. The number of carbonyl (C=O) groups is 1. The van der Waals surface area contributed by atoms with Crippen molar-refractivity contribution in [1.29, 1.82) is 0 Å². The van der Waals surface area contributed by atoms with E-state index in [2.05, 4.69) is 24.4 Å².